The number of benzene rings is 1. The number of ether oxygens (including phenoxy) is 2. The molecule has 7 nitrogen and oxygen atoms in total. The molecule has 176 valence electrons. The monoisotopic (exact) mass is 443 g/mol. The number of amides is 2. The van der Waals surface area contributed by atoms with E-state index in [-0.39, 0.29) is 22.9 Å². The number of nitrogens with one attached hydrogen (secondary N) is 3. The molecule has 0 aromatic heterocycles. The Morgan fingerprint density at radius 2 is 1.81 bits per heavy atom. The lowest BCUT2D eigenvalue weighted by atomic mass is 9.96. The van der Waals surface area contributed by atoms with Crippen LogP contribution in [0.15, 0.2) is 35.9 Å². The Labute approximate surface area is 191 Å². The third kappa shape index (κ3) is 6.85. The van der Waals surface area contributed by atoms with Gasteiger partial charge in [0, 0.05) is 29.7 Å². The molecule has 1 atom stereocenters. The summed E-state index contributed by atoms with van der Waals surface area (Å²) in [5.41, 5.74) is 1.14. The molecule has 1 aliphatic rings. The van der Waals surface area contributed by atoms with Crippen molar-refractivity contribution in [3.63, 3.8) is 0 Å². The minimum absolute atomic E-state index is 0.0791. The summed E-state index contributed by atoms with van der Waals surface area (Å²) in [6.45, 7) is 12.6. The smallest absolute Gasteiger partial charge is 0.260 e. The molecule has 3 N–H and O–H groups in total. The van der Waals surface area contributed by atoms with Gasteiger partial charge < -0.3 is 20.1 Å². The van der Waals surface area contributed by atoms with E-state index < -0.39 is 6.10 Å². The highest BCUT2D eigenvalue weighted by Gasteiger charge is 2.39. The summed E-state index contributed by atoms with van der Waals surface area (Å²) in [6, 6.07) is 5.56. The summed E-state index contributed by atoms with van der Waals surface area (Å²) in [5.74, 6) is 0.787. The molecule has 0 saturated heterocycles. The van der Waals surface area contributed by atoms with Crippen LogP contribution in [0, 0.1) is 0 Å². The summed E-state index contributed by atoms with van der Waals surface area (Å²) in [6.07, 6.45) is 5.82. The molecular formula is C25H37N3O4. The van der Waals surface area contributed by atoms with Gasteiger partial charge in [-0.2, -0.15) is 0 Å². The van der Waals surface area contributed by atoms with Crippen molar-refractivity contribution in [3.8, 4) is 11.5 Å². The quantitative estimate of drug-likeness (QED) is 0.483. The summed E-state index contributed by atoms with van der Waals surface area (Å²) in [5, 5.41) is 9.22. The molecule has 1 aromatic rings. The van der Waals surface area contributed by atoms with E-state index in [9.17, 15) is 9.59 Å². The van der Waals surface area contributed by atoms with Gasteiger partial charge in [0.1, 0.15) is 0 Å². The van der Waals surface area contributed by atoms with Crippen molar-refractivity contribution < 1.29 is 19.1 Å². The molecule has 1 aromatic carbocycles. The van der Waals surface area contributed by atoms with Gasteiger partial charge in [0.25, 0.3) is 5.91 Å². The second-order valence-corrected chi connectivity index (χ2v) is 9.10. The summed E-state index contributed by atoms with van der Waals surface area (Å²) in [4.78, 5) is 24.9. The largest absolute Gasteiger partial charge is 0.493 e. The van der Waals surface area contributed by atoms with Crippen LogP contribution in [0.2, 0.25) is 0 Å². The van der Waals surface area contributed by atoms with E-state index in [1.807, 2.05) is 65.0 Å². The molecule has 32 heavy (non-hydrogen) atoms. The first-order valence-electron chi connectivity index (χ1n) is 11.0. The summed E-state index contributed by atoms with van der Waals surface area (Å²) in [7, 11) is 1.57. The number of hydrogen-bond acceptors (Lipinski definition) is 5. The zero-order valence-corrected chi connectivity index (χ0v) is 20.3. The maximum atomic E-state index is 12.5. The van der Waals surface area contributed by atoms with E-state index in [4.69, 9.17) is 9.47 Å². The van der Waals surface area contributed by atoms with Crippen LogP contribution >= 0.6 is 0 Å². The lowest BCUT2D eigenvalue weighted by molar-refractivity contribution is -0.127. The van der Waals surface area contributed by atoms with E-state index >= 15 is 0 Å². The normalized spacial score (nSPS) is 17.5. The zero-order chi connectivity index (χ0) is 23.9. The SMILES string of the molecule is C/C=C/c1ccc(OC(C)C(=O)NCCCNC(=O)C2=CC(C)(C)NC2(C)C)c(OC)c1. The number of hydrogen-bond donors (Lipinski definition) is 3. The van der Waals surface area contributed by atoms with Crippen LogP contribution in [-0.2, 0) is 9.59 Å². The Bertz CT molecular complexity index is 887. The van der Waals surface area contributed by atoms with Gasteiger partial charge in [0.05, 0.1) is 7.11 Å². The molecule has 1 unspecified atom stereocenters. The second kappa shape index (κ2) is 10.7. The van der Waals surface area contributed by atoms with Gasteiger partial charge in [0.2, 0.25) is 5.91 Å². The van der Waals surface area contributed by atoms with Crippen LogP contribution in [0.5, 0.6) is 11.5 Å². The number of rotatable bonds is 10. The van der Waals surface area contributed by atoms with Crippen LogP contribution in [0.3, 0.4) is 0 Å². The van der Waals surface area contributed by atoms with Crippen molar-refractivity contribution in [1.29, 1.82) is 0 Å². The molecule has 2 rings (SSSR count). The van der Waals surface area contributed by atoms with Gasteiger partial charge in [-0.1, -0.05) is 24.3 Å². The molecule has 2 amide bonds. The predicted molar refractivity (Wildman–Crippen MR) is 128 cm³/mol. The average Bonchev–Trinajstić information content (AvgIpc) is 2.95. The molecular weight excluding hydrogens is 406 g/mol. The van der Waals surface area contributed by atoms with Gasteiger partial charge in [-0.3, -0.25) is 14.9 Å². The van der Waals surface area contributed by atoms with Crippen molar-refractivity contribution in [3.05, 3.63) is 41.5 Å². The number of carbonyl (C=O) groups excluding carboxylic acids is 2. The van der Waals surface area contributed by atoms with Crippen molar-refractivity contribution in [2.45, 2.75) is 65.1 Å². The van der Waals surface area contributed by atoms with E-state index in [0.29, 0.717) is 31.0 Å². The van der Waals surface area contributed by atoms with Gasteiger partial charge in [-0.25, -0.2) is 0 Å². The third-order valence-corrected chi connectivity index (χ3v) is 5.22. The van der Waals surface area contributed by atoms with Crippen LogP contribution in [0.1, 0.15) is 53.5 Å². The molecule has 0 fully saturated rings. The van der Waals surface area contributed by atoms with Crippen LogP contribution in [0.4, 0.5) is 0 Å². The Balaban J connectivity index is 1.77. The Morgan fingerprint density at radius 3 is 2.41 bits per heavy atom. The fourth-order valence-electron chi connectivity index (χ4n) is 3.86. The van der Waals surface area contributed by atoms with Crippen molar-refractivity contribution in [2.24, 2.45) is 0 Å². The maximum Gasteiger partial charge on any atom is 0.260 e. The highest BCUT2D eigenvalue weighted by Crippen LogP contribution is 2.30. The molecule has 1 aliphatic heterocycles. The van der Waals surface area contributed by atoms with Gasteiger partial charge in [0.15, 0.2) is 17.6 Å². The molecule has 7 heteroatoms. The first-order valence-corrected chi connectivity index (χ1v) is 11.0. The maximum absolute atomic E-state index is 12.5. The van der Waals surface area contributed by atoms with Gasteiger partial charge in [-0.05, 0) is 65.7 Å². The number of carbonyl (C=O) groups is 2. The van der Waals surface area contributed by atoms with Crippen molar-refractivity contribution >= 4 is 17.9 Å². The Morgan fingerprint density at radius 1 is 1.12 bits per heavy atom. The highest BCUT2D eigenvalue weighted by atomic mass is 16.5. The third-order valence-electron chi connectivity index (χ3n) is 5.22. The summed E-state index contributed by atoms with van der Waals surface area (Å²) < 4.78 is 11.2. The topological polar surface area (TPSA) is 88.7 Å². The fraction of sp³-hybridized carbons (Fsp3) is 0.520. The molecule has 0 saturated carbocycles. The predicted octanol–water partition coefficient (Wildman–Crippen LogP) is 3.20. The Kier molecular flexibility index (Phi) is 8.50. The van der Waals surface area contributed by atoms with Gasteiger partial charge in [-0.15, -0.1) is 0 Å². The minimum Gasteiger partial charge on any atom is -0.493 e. The molecule has 0 bridgehead atoms. The average molecular weight is 444 g/mol. The highest BCUT2D eigenvalue weighted by molar-refractivity contribution is 5.96. The number of allylic oxidation sites excluding steroid dienone is 1. The standard InChI is InChI=1S/C25H37N3O4/c1-8-10-18-11-12-20(21(15-18)31-7)32-17(2)22(29)26-13-9-14-27-23(30)19-16-24(3,4)28-25(19,5)6/h8,10-12,15-17,28H,9,13-14H2,1-7H3,(H,26,29)(H,27,30)/b10-8+. The molecule has 1 heterocycles. The number of methoxy groups -OCH3 is 1. The lowest BCUT2D eigenvalue weighted by Crippen LogP contribution is -2.47. The molecule has 0 aliphatic carbocycles. The van der Waals surface area contributed by atoms with Crippen molar-refractivity contribution in [2.75, 3.05) is 20.2 Å². The van der Waals surface area contributed by atoms with Crippen LogP contribution in [-0.4, -0.2) is 49.2 Å². The van der Waals surface area contributed by atoms with Crippen molar-refractivity contribution in [1.82, 2.24) is 16.0 Å². The zero-order valence-electron chi connectivity index (χ0n) is 20.3. The second-order valence-electron chi connectivity index (χ2n) is 9.10. The fourth-order valence-corrected chi connectivity index (χ4v) is 3.86. The van der Waals surface area contributed by atoms with Gasteiger partial charge >= 0.3 is 0 Å². The van der Waals surface area contributed by atoms with Crippen LogP contribution < -0.4 is 25.4 Å². The van der Waals surface area contributed by atoms with E-state index in [2.05, 4.69) is 16.0 Å². The molecule has 0 spiro atoms. The Hall–Kier alpha value is -2.80. The first kappa shape index (κ1) is 25.5. The minimum atomic E-state index is -0.677. The molecule has 0 radical (unpaired) electrons. The van der Waals surface area contributed by atoms with E-state index in [0.717, 1.165) is 11.1 Å². The first-order chi connectivity index (χ1) is 15.0. The van der Waals surface area contributed by atoms with E-state index in [1.165, 1.54) is 0 Å². The van der Waals surface area contributed by atoms with E-state index in [1.54, 1.807) is 20.1 Å². The lowest BCUT2D eigenvalue weighted by Gasteiger charge is -2.27. The van der Waals surface area contributed by atoms with Crippen LogP contribution in [0.25, 0.3) is 6.08 Å². The summed E-state index contributed by atoms with van der Waals surface area (Å²) >= 11 is 0.